The molecule has 146 valence electrons. The first-order chi connectivity index (χ1) is 13.6. The SMILES string of the molecule is CCOc1ccc(N=C2NC(=O)[C@@H](CC(=O)Nc3ccccc3OC)S2)cc1. The van der Waals surface area contributed by atoms with E-state index < -0.39 is 5.25 Å². The summed E-state index contributed by atoms with van der Waals surface area (Å²) in [5.74, 6) is 0.835. The summed E-state index contributed by atoms with van der Waals surface area (Å²) in [4.78, 5) is 28.9. The number of aliphatic imine (C=N–C) groups is 1. The molecule has 2 aromatic carbocycles. The molecule has 28 heavy (non-hydrogen) atoms. The summed E-state index contributed by atoms with van der Waals surface area (Å²) in [6.45, 7) is 2.52. The van der Waals surface area contributed by atoms with Gasteiger partial charge in [0.1, 0.15) is 16.7 Å². The number of amidine groups is 1. The lowest BCUT2D eigenvalue weighted by Gasteiger charge is -2.10. The Hall–Kier alpha value is -3.00. The summed E-state index contributed by atoms with van der Waals surface area (Å²) < 4.78 is 10.6. The van der Waals surface area contributed by atoms with Crippen LogP contribution < -0.4 is 20.1 Å². The molecular formula is C20H21N3O4S. The van der Waals surface area contributed by atoms with E-state index in [1.807, 2.05) is 37.3 Å². The first-order valence-corrected chi connectivity index (χ1v) is 9.69. The number of para-hydroxylation sites is 2. The largest absolute Gasteiger partial charge is 0.495 e. The smallest absolute Gasteiger partial charge is 0.240 e. The van der Waals surface area contributed by atoms with E-state index in [1.54, 1.807) is 18.2 Å². The molecule has 0 saturated carbocycles. The van der Waals surface area contributed by atoms with Gasteiger partial charge in [0.15, 0.2) is 5.17 Å². The number of hydrogen-bond acceptors (Lipinski definition) is 6. The molecule has 7 nitrogen and oxygen atoms in total. The molecule has 1 heterocycles. The van der Waals surface area contributed by atoms with Crippen LogP contribution in [-0.2, 0) is 9.59 Å². The Kier molecular flexibility index (Phi) is 6.54. The second kappa shape index (κ2) is 9.27. The lowest BCUT2D eigenvalue weighted by Crippen LogP contribution is -2.28. The molecule has 1 aliphatic heterocycles. The molecular weight excluding hydrogens is 378 g/mol. The zero-order valence-electron chi connectivity index (χ0n) is 15.6. The number of amides is 2. The number of nitrogens with one attached hydrogen (secondary N) is 2. The second-order valence-electron chi connectivity index (χ2n) is 5.89. The predicted molar refractivity (Wildman–Crippen MR) is 110 cm³/mol. The molecule has 0 radical (unpaired) electrons. The Balaban J connectivity index is 1.60. The normalized spacial score (nSPS) is 17.3. The number of benzene rings is 2. The van der Waals surface area contributed by atoms with Crippen molar-refractivity contribution >= 4 is 40.1 Å². The number of anilines is 1. The average Bonchev–Trinajstić information content (AvgIpc) is 3.02. The summed E-state index contributed by atoms with van der Waals surface area (Å²) in [6, 6.07) is 14.4. The fraction of sp³-hybridized carbons (Fsp3) is 0.250. The number of nitrogens with zero attached hydrogens (tertiary/aromatic N) is 1. The maximum Gasteiger partial charge on any atom is 0.240 e. The van der Waals surface area contributed by atoms with Gasteiger partial charge in [-0.25, -0.2) is 4.99 Å². The van der Waals surface area contributed by atoms with Gasteiger partial charge in [0.25, 0.3) is 0 Å². The lowest BCUT2D eigenvalue weighted by atomic mass is 10.2. The molecule has 1 atom stereocenters. The van der Waals surface area contributed by atoms with Gasteiger partial charge in [-0.3, -0.25) is 9.59 Å². The van der Waals surface area contributed by atoms with Crippen molar-refractivity contribution in [3.8, 4) is 11.5 Å². The quantitative estimate of drug-likeness (QED) is 0.745. The Morgan fingerprint density at radius 1 is 1.21 bits per heavy atom. The van der Waals surface area contributed by atoms with Crippen molar-refractivity contribution in [3.63, 3.8) is 0 Å². The molecule has 2 N–H and O–H groups in total. The van der Waals surface area contributed by atoms with Gasteiger partial charge in [-0.15, -0.1) is 0 Å². The van der Waals surface area contributed by atoms with E-state index >= 15 is 0 Å². The van der Waals surface area contributed by atoms with Gasteiger partial charge in [0, 0.05) is 6.42 Å². The van der Waals surface area contributed by atoms with Crippen molar-refractivity contribution in [2.24, 2.45) is 4.99 Å². The van der Waals surface area contributed by atoms with E-state index in [2.05, 4.69) is 15.6 Å². The van der Waals surface area contributed by atoms with Gasteiger partial charge in [-0.1, -0.05) is 23.9 Å². The lowest BCUT2D eigenvalue weighted by molar-refractivity contribution is -0.122. The fourth-order valence-corrected chi connectivity index (χ4v) is 3.60. The molecule has 0 aliphatic carbocycles. The molecule has 1 saturated heterocycles. The fourth-order valence-electron chi connectivity index (χ4n) is 2.61. The summed E-state index contributed by atoms with van der Waals surface area (Å²) in [7, 11) is 1.54. The zero-order chi connectivity index (χ0) is 19.9. The van der Waals surface area contributed by atoms with Crippen LogP contribution in [0.3, 0.4) is 0 Å². The van der Waals surface area contributed by atoms with Gasteiger partial charge >= 0.3 is 0 Å². The summed E-state index contributed by atoms with van der Waals surface area (Å²) in [6.07, 6.45) is 0.0385. The number of ether oxygens (including phenoxy) is 2. The highest BCUT2D eigenvalue weighted by Gasteiger charge is 2.32. The summed E-state index contributed by atoms with van der Waals surface area (Å²) in [5, 5.41) is 5.45. The highest BCUT2D eigenvalue weighted by Crippen LogP contribution is 2.28. The molecule has 0 unspecified atom stereocenters. The number of carbonyl (C=O) groups excluding carboxylic acids is 2. The van der Waals surface area contributed by atoms with Gasteiger partial charge in [0.2, 0.25) is 11.8 Å². The third-order valence-electron chi connectivity index (χ3n) is 3.91. The highest BCUT2D eigenvalue weighted by atomic mass is 32.2. The molecule has 1 fully saturated rings. The first-order valence-electron chi connectivity index (χ1n) is 8.81. The number of methoxy groups -OCH3 is 1. The molecule has 8 heteroatoms. The number of hydrogen-bond donors (Lipinski definition) is 2. The maximum atomic E-state index is 12.3. The number of carbonyl (C=O) groups is 2. The van der Waals surface area contributed by atoms with Crippen LogP contribution in [0.2, 0.25) is 0 Å². The molecule has 2 amide bonds. The molecule has 1 aliphatic rings. The molecule has 0 spiro atoms. The Morgan fingerprint density at radius 3 is 2.68 bits per heavy atom. The minimum atomic E-state index is -0.531. The molecule has 0 bridgehead atoms. The average molecular weight is 399 g/mol. The van der Waals surface area contributed by atoms with E-state index in [0.717, 1.165) is 5.75 Å². The standard InChI is InChI=1S/C20H21N3O4S/c1-3-27-14-10-8-13(9-11-14)21-20-23-19(25)17(28-20)12-18(24)22-15-6-4-5-7-16(15)26-2/h4-11,17H,3,12H2,1-2H3,(H,22,24)(H,21,23,25)/t17-/m1/s1. The third kappa shape index (κ3) is 5.04. The predicted octanol–water partition coefficient (Wildman–Crippen LogP) is 3.34. The van der Waals surface area contributed by atoms with Crippen LogP contribution in [-0.4, -0.2) is 35.9 Å². The molecule has 3 rings (SSSR count). The Labute approximate surface area is 167 Å². The minimum absolute atomic E-state index is 0.0385. The summed E-state index contributed by atoms with van der Waals surface area (Å²) >= 11 is 1.24. The maximum absolute atomic E-state index is 12.3. The van der Waals surface area contributed by atoms with Crippen molar-refractivity contribution < 1.29 is 19.1 Å². The first kappa shape index (κ1) is 19.8. The van der Waals surface area contributed by atoms with Crippen molar-refractivity contribution in [2.75, 3.05) is 19.0 Å². The van der Waals surface area contributed by atoms with Gasteiger partial charge in [-0.2, -0.15) is 0 Å². The second-order valence-corrected chi connectivity index (χ2v) is 7.08. The van der Waals surface area contributed by atoms with Gasteiger partial charge in [-0.05, 0) is 43.3 Å². The zero-order valence-corrected chi connectivity index (χ0v) is 16.4. The van der Waals surface area contributed by atoms with Crippen LogP contribution >= 0.6 is 11.8 Å². The van der Waals surface area contributed by atoms with Crippen molar-refractivity contribution in [1.82, 2.24) is 5.32 Å². The van der Waals surface area contributed by atoms with Crippen LogP contribution in [0.4, 0.5) is 11.4 Å². The van der Waals surface area contributed by atoms with Crippen LogP contribution in [0, 0.1) is 0 Å². The van der Waals surface area contributed by atoms with Crippen LogP contribution in [0.25, 0.3) is 0 Å². The van der Waals surface area contributed by atoms with E-state index in [4.69, 9.17) is 9.47 Å². The Morgan fingerprint density at radius 2 is 1.96 bits per heavy atom. The van der Waals surface area contributed by atoms with E-state index in [-0.39, 0.29) is 18.2 Å². The van der Waals surface area contributed by atoms with Crippen molar-refractivity contribution in [3.05, 3.63) is 48.5 Å². The van der Waals surface area contributed by atoms with Crippen LogP contribution in [0.15, 0.2) is 53.5 Å². The molecule has 2 aromatic rings. The van der Waals surface area contributed by atoms with Gasteiger partial charge < -0.3 is 20.1 Å². The third-order valence-corrected chi connectivity index (χ3v) is 4.99. The van der Waals surface area contributed by atoms with Crippen LogP contribution in [0.5, 0.6) is 11.5 Å². The minimum Gasteiger partial charge on any atom is -0.495 e. The van der Waals surface area contributed by atoms with Crippen molar-refractivity contribution in [2.45, 2.75) is 18.6 Å². The monoisotopic (exact) mass is 399 g/mol. The Bertz CT molecular complexity index is 883. The van der Waals surface area contributed by atoms with E-state index in [0.29, 0.717) is 28.9 Å². The van der Waals surface area contributed by atoms with Gasteiger partial charge in [0.05, 0.1) is 25.1 Å². The number of thioether (sulfide) groups is 1. The summed E-state index contributed by atoms with van der Waals surface area (Å²) in [5.41, 5.74) is 1.27. The topological polar surface area (TPSA) is 89.0 Å². The number of rotatable bonds is 7. The molecule has 0 aromatic heterocycles. The van der Waals surface area contributed by atoms with Crippen molar-refractivity contribution in [1.29, 1.82) is 0 Å². The van der Waals surface area contributed by atoms with E-state index in [1.165, 1.54) is 18.9 Å². The highest BCUT2D eigenvalue weighted by molar-refractivity contribution is 8.15. The van der Waals surface area contributed by atoms with E-state index in [9.17, 15) is 9.59 Å². The van der Waals surface area contributed by atoms with Crippen LogP contribution in [0.1, 0.15) is 13.3 Å².